The summed E-state index contributed by atoms with van der Waals surface area (Å²) in [6, 6.07) is 14.8. The number of nitrogens with zero attached hydrogens (tertiary/aromatic N) is 1. The van der Waals surface area contributed by atoms with E-state index in [1.54, 1.807) is 24.3 Å². The summed E-state index contributed by atoms with van der Waals surface area (Å²) < 4.78 is 0. The Bertz CT molecular complexity index is 844. The van der Waals surface area contributed by atoms with Crippen molar-refractivity contribution in [1.29, 1.82) is 0 Å². The van der Waals surface area contributed by atoms with Gasteiger partial charge in [-0.2, -0.15) is 0 Å². The molecule has 1 aliphatic rings. The third-order valence-corrected chi connectivity index (χ3v) is 4.80. The number of nitrogens with one attached hydrogen (secondary N) is 2. The fourth-order valence-electron chi connectivity index (χ4n) is 3.03. The standard InChI is InChI=1S/C21H23N3O3/c1-3-24(2)18-10-6-15(7-11-18)20(26)22-17-8-4-14(5-9-17)12-16-13-19(25)23-21(16)27/h4-11,16H,3,12-13H2,1-2H3,(H,22,26)(H,23,25,27). The highest BCUT2D eigenvalue weighted by molar-refractivity contribution is 6.04. The molecule has 1 saturated heterocycles. The lowest BCUT2D eigenvalue weighted by molar-refractivity contribution is -0.125. The molecule has 0 saturated carbocycles. The number of benzene rings is 2. The Morgan fingerprint density at radius 1 is 1.11 bits per heavy atom. The predicted octanol–water partition coefficient (Wildman–Crippen LogP) is 2.60. The Kier molecular flexibility index (Phi) is 5.54. The summed E-state index contributed by atoms with van der Waals surface area (Å²) in [5, 5.41) is 5.19. The van der Waals surface area contributed by atoms with Crippen LogP contribution in [0.25, 0.3) is 0 Å². The molecule has 140 valence electrons. The number of imide groups is 1. The van der Waals surface area contributed by atoms with E-state index < -0.39 is 0 Å². The number of hydrogen-bond donors (Lipinski definition) is 2. The van der Waals surface area contributed by atoms with E-state index in [4.69, 9.17) is 0 Å². The van der Waals surface area contributed by atoms with Crippen LogP contribution in [0.3, 0.4) is 0 Å². The first kappa shape index (κ1) is 18.6. The highest BCUT2D eigenvalue weighted by Gasteiger charge is 2.30. The summed E-state index contributed by atoms with van der Waals surface area (Å²) in [6.45, 7) is 2.97. The number of hydrogen-bond acceptors (Lipinski definition) is 4. The molecule has 27 heavy (non-hydrogen) atoms. The Balaban J connectivity index is 1.60. The smallest absolute Gasteiger partial charge is 0.255 e. The predicted molar refractivity (Wildman–Crippen MR) is 105 cm³/mol. The van der Waals surface area contributed by atoms with Gasteiger partial charge in [-0.1, -0.05) is 12.1 Å². The van der Waals surface area contributed by atoms with Gasteiger partial charge in [0.1, 0.15) is 0 Å². The van der Waals surface area contributed by atoms with Gasteiger partial charge in [-0.05, 0) is 55.3 Å². The van der Waals surface area contributed by atoms with Crippen LogP contribution in [0.2, 0.25) is 0 Å². The van der Waals surface area contributed by atoms with Gasteiger partial charge in [0.25, 0.3) is 5.91 Å². The normalized spacial score (nSPS) is 16.1. The summed E-state index contributed by atoms with van der Waals surface area (Å²) in [4.78, 5) is 37.4. The van der Waals surface area contributed by atoms with E-state index >= 15 is 0 Å². The van der Waals surface area contributed by atoms with Crippen molar-refractivity contribution in [3.05, 3.63) is 59.7 Å². The van der Waals surface area contributed by atoms with Gasteiger partial charge in [0.05, 0.1) is 5.92 Å². The van der Waals surface area contributed by atoms with Gasteiger partial charge < -0.3 is 10.2 Å². The molecule has 0 aliphatic carbocycles. The van der Waals surface area contributed by atoms with Crippen LogP contribution in [0.15, 0.2) is 48.5 Å². The van der Waals surface area contributed by atoms with E-state index in [2.05, 4.69) is 22.5 Å². The zero-order chi connectivity index (χ0) is 19.4. The van der Waals surface area contributed by atoms with Crippen molar-refractivity contribution in [2.75, 3.05) is 23.8 Å². The molecule has 0 spiro atoms. The summed E-state index contributed by atoms with van der Waals surface area (Å²) in [7, 11) is 2.00. The molecule has 3 rings (SSSR count). The maximum Gasteiger partial charge on any atom is 0.255 e. The number of carbonyl (C=O) groups is 3. The molecule has 1 fully saturated rings. The molecule has 2 N–H and O–H groups in total. The molecule has 0 aromatic heterocycles. The minimum absolute atomic E-state index is 0.172. The number of carbonyl (C=O) groups excluding carboxylic acids is 3. The topological polar surface area (TPSA) is 78.5 Å². The monoisotopic (exact) mass is 365 g/mol. The van der Waals surface area contributed by atoms with Crippen molar-refractivity contribution in [1.82, 2.24) is 5.32 Å². The summed E-state index contributed by atoms with van der Waals surface area (Å²) >= 11 is 0. The first-order chi connectivity index (χ1) is 13.0. The van der Waals surface area contributed by atoms with Crippen LogP contribution in [0.4, 0.5) is 11.4 Å². The first-order valence-electron chi connectivity index (χ1n) is 9.01. The van der Waals surface area contributed by atoms with E-state index in [-0.39, 0.29) is 30.1 Å². The summed E-state index contributed by atoms with van der Waals surface area (Å²) in [6.07, 6.45) is 0.749. The van der Waals surface area contributed by atoms with Crippen molar-refractivity contribution in [3.8, 4) is 0 Å². The van der Waals surface area contributed by atoms with Crippen LogP contribution >= 0.6 is 0 Å². The zero-order valence-corrected chi connectivity index (χ0v) is 15.5. The molecular formula is C21H23N3O3. The Labute approximate surface area is 158 Å². The van der Waals surface area contributed by atoms with Crippen LogP contribution in [0.5, 0.6) is 0 Å². The van der Waals surface area contributed by atoms with Gasteiger partial charge in [-0.3, -0.25) is 19.7 Å². The average molecular weight is 365 g/mol. The Morgan fingerprint density at radius 3 is 2.33 bits per heavy atom. The third kappa shape index (κ3) is 4.53. The van der Waals surface area contributed by atoms with Gasteiger partial charge >= 0.3 is 0 Å². The van der Waals surface area contributed by atoms with Gasteiger partial charge in [-0.25, -0.2) is 0 Å². The maximum absolute atomic E-state index is 12.4. The first-order valence-corrected chi connectivity index (χ1v) is 9.01. The second-order valence-electron chi connectivity index (χ2n) is 6.73. The molecule has 1 unspecified atom stereocenters. The van der Waals surface area contributed by atoms with E-state index in [1.165, 1.54) is 0 Å². The Hall–Kier alpha value is -3.15. The molecule has 1 atom stereocenters. The molecule has 3 amide bonds. The molecule has 2 aromatic rings. The maximum atomic E-state index is 12.4. The third-order valence-electron chi connectivity index (χ3n) is 4.80. The molecule has 1 aliphatic heterocycles. The second kappa shape index (κ2) is 8.03. The summed E-state index contributed by atoms with van der Waals surface area (Å²) in [5.74, 6) is -0.911. The minimum atomic E-state index is -0.308. The highest BCUT2D eigenvalue weighted by atomic mass is 16.2. The van der Waals surface area contributed by atoms with E-state index in [9.17, 15) is 14.4 Å². The number of amides is 3. The lowest BCUT2D eigenvalue weighted by atomic mass is 9.98. The molecular weight excluding hydrogens is 342 g/mol. The number of anilines is 2. The fraction of sp³-hybridized carbons (Fsp3) is 0.286. The SMILES string of the molecule is CCN(C)c1ccc(C(=O)Nc2ccc(CC3CC(=O)NC3=O)cc2)cc1. The highest BCUT2D eigenvalue weighted by Crippen LogP contribution is 2.20. The van der Waals surface area contributed by atoms with Crippen LogP contribution in [-0.2, 0) is 16.0 Å². The van der Waals surface area contributed by atoms with Crippen molar-refractivity contribution >= 4 is 29.1 Å². The van der Waals surface area contributed by atoms with E-state index in [0.29, 0.717) is 17.7 Å². The molecule has 0 radical (unpaired) electrons. The van der Waals surface area contributed by atoms with Crippen molar-refractivity contribution in [2.45, 2.75) is 19.8 Å². The fourth-order valence-corrected chi connectivity index (χ4v) is 3.03. The van der Waals surface area contributed by atoms with Crippen LogP contribution in [0.1, 0.15) is 29.3 Å². The van der Waals surface area contributed by atoms with Crippen molar-refractivity contribution in [3.63, 3.8) is 0 Å². The summed E-state index contributed by atoms with van der Waals surface area (Å²) in [5.41, 5.74) is 3.29. The van der Waals surface area contributed by atoms with Gasteiger partial charge in [-0.15, -0.1) is 0 Å². The number of rotatable bonds is 6. The van der Waals surface area contributed by atoms with Crippen molar-refractivity contribution < 1.29 is 14.4 Å². The van der Waals surface area contributed by atoms with Gasteiger partial charge in [0.15, 0.2) is 0 Å². The van der Waals surface area contributed by atoms with E-state index in [0.717, 1.165) is 17.8 Å². The molecule has 0 bridgehead atoms. The average Bonchev–Trinajstić information content (AvgIpc) is 2.99. The van der Waals surface area contributed by atoms with Crippen molar-refractivity contribution in [2.24, 2.45) is 5.92 Å². The lowest BCUT2D eigenvalue weighted by Gasteiger charge is -2.16. The lowest BCUT2D eigenvalue weighted by Crippen LogP contribution is -2.22. The van der Waals surface area contributed by atoms with Gasteiger partial charge in [0.2, 0.25) is 11.8 Å². The Morgan fingerprint density at radius 2 is 1.78 bits per heavy atom. The quantitative estimate of drug-likeness (QED) is 0.772. The largest absolute Gasteiger partial charge is 0.375 e. The molecule has 6 nitrogen and oxygen atoms in total. The molecule has 6 heteroatoms. The zero-order valence-electron chi connectivity index (χ0n) is 15.5. The van der Waals surface area contributed by atoms with Crippen LogP contribution in [0, 0.1) is 5.92 Å². The van der Waals surface area contributed by atoms with Crippen LogP contribution < -0.4 is 15.5 Å². The van der Waals surface area contributed by atoms with Crippen LogP contribution in [-0.4, -0.2) is 31.3 Å². The van der Waals surface area contributed by atoms with Gasteiger partial charge in [0, 0.05) is 37.0 Å². The van der Waals surface area contributed by atoms with E-state index in [1.807, 2.05) is 31.3 Å². The second-order valence-corrected chi connectivity index (χ2v) is 6.73. The minimum Gasteiger partial charge on any atom is -0.375 e. The molecule has 2 aromatic carbocycles. The molecule has 1 heterocycles.